The van der Waals surface area contributed by atoms with E-state index in [0.717, 1.165) is 16.1 Å². The average Bonchev–Trinajstić information content (AvgIpc) is 1.94. The van der Waals surface area contributed by atoms with E-state index in [1.54, 1.807) is 13.0 Å². The van der Waals surface area contributed by atoms with Crippen LogP contribution in [0.15, 0.2) is 18.2 Å². The molecule has 0 aliphatic heterocycles. The molecule has 0 spiro atoms. The zero-order valence-electron chi connectivity index (χ0n) is 6.63. The number of rotatable bonds is 1. The van der Waals surface area contributed by atoms with Crippen molar-refractivity contribution in [2.75, 3.05) is 0 Å². The smallest absolute Gasteiger partial charge is 0.0762 e. The molecule has 1 atom stereocenters. The zero-order chi connectivity index (χ0) is 8.43. The van der Waals surface area contributed by atoms with Gasteiger partial charge in [0, 0.05) is 5.02 Å². The van der Waals surface area contributed by atoms with E-state index >= 15 is 0 Å². The Bertz CT molecular complexity index is 256. The molecule has 1 rings (SSSR count). The fourth-order valence-corrected chi connectivity index (χ4v) is 1.05. The number of benzene rings is 1. The molecular formula is C9H11ClO. The average molecular weight is 171 g/mol. The lowest BCUT2D eigenvalue weighted by molar-refractivity contribution is 0.199. The van der Waals surface area contributed by atoms with Gasteiger partial charge in [0.15, 0.2) is 0 Å². The Balaban J connectivity index is 3.05. The molecular weight excluding hydrogens is 160 g/mol. The molecule has 0 aliphatic rings. The maximum atomic E-state index is 9.20. The number of halogens is 1. The minimum Gasteiger partial charge on any atom is -0.389 e. The van der Waals surface area contributed by atoms with Gasteiger partial charge in [-0.15, -0.1) is 0 Å². The topological polar surface area (TPSA) is 20.2 Å². The summed E-state index contributed by atoms with van der Waals surface area (Å²) in [5.74, 6) is 0. The molecule has 1 aromatic carbocycles. The van der Waals surface area contributed by atoms with Crippen LogP contribution in [0.25, 0.3) is 0 Å². The third-order valence-electron chi connectivity index (χ3n) is 1.66. The molecule has 0 bridgehead atoms. The van der Waals surface area contributed by atoms with Crippen molar-refractivity contribution >= 4 is 11.6 Å². The van der Waals surface area contributed by atoms with E-state index in [1.807, 2.05) is 19.1 Å². The highest BCUT2D eigenvalue weighted by Crippen LogP contribution is 2.20. The first-order valence-corrected chi connectivity index (χ1v) is 3.93. The van der Waals surface area contributed by atoms with Gasteiger partial charge in [0.2, 0.25) is 0 Å². The molecule has 2 heteroatoms. The van der Waals surface area contributed by atoms with Gasteiger partial charge in [-0.05, 0) is 31.0 Å². The van der Waals surface area contributed by atoms with Gasteiger partial charge in [0.25, 0.3) is 0 Å². The molecule has 0 radical (unpaired) electrons. The third-order valence-corrected chi connectivity index (χ3v) is 2.09. The normalized spacial score (nSPS) is 13.1. The van der Waals surface area contributed by atoms with Crippen molar-refractivity contribution in [3.63, 3.8) is 0 Å². The van der Waals surface area contributed by atoms with Gasteiger partial charge < -0.3 is 5.11 Å². The molecule has 60 valence electrons. The summed E-state index contributed by atoms with van der Waals surface area (Å²) in [6.07, 6.45) is -0.411. The minimum atomic E-state index is -0.411. The Kier molecular flexibility index (Phi) is 2.53. The van der Waals surface area contributed by atoms with Crippen LogP contribution < -0.4 is 0 Å². The number of aliphatic hydroxyl groups excluding tert-OH is 1. The van der Waals surface area contributed by atoms with E-state index in [0.29, 0.717) is 0 Å². The van der Waals surface area contributed by atoms with Crippen molar-refractivity contribution in [2.24, 2.45) is 0 Å². The fourth-order valence-electron chi connectivity index (χ4n) is 0.928. The molecule has 1 N–H and O–H groups in total. The number of hydrogen-bond acceptors (Lipinski definition) is 1. The lowest BCUT2D eigenvalue weighted by Crippen LogP contribution is -1.90. The molecule has 0 fully saturated rings. The molecule has 0 saturated carbocycles. The van der Waals surface area contributed by atoms with Crippen molar-refractivity contribution in [3.8, 4) is 0 Å². The lowest BCUT2D eigenvalue weighted by Gasteiger charge is -2.05. The van der Waals surface area contributed by atoms with Crippen LogP contribution >= 0.6 is 11.6 Å². The molecule has 0 amide bonds. The second-order valence-electron chi connectivity index (χ2n) is 2.68. The van der Waals surface area contributed by atoms with Crippen LogP contribution in [0.4, 0.5) is 0 Å². The summed E-state index contributed by atoms with van der Waals surface area (Å²) in [6, 6.07) is 5.53. The largest absolute Gasteiger partial charge is 0.389 e. The highest BCUT2D eigenvalue weighted by Gasteiger charge is 2.01. The first kappa shape index (κ1) is 8.57. The predicted molar refractivity (Wildman–Crippen MR) is 46.8 cm³/mol. The van der Waals surface area contributed by atoms with Crippen LogP contribution in [0, 0.1) is 6.92 Å². The first-order chi connectivity index (χ1) is 5.11. The first-order valence-electron chi connectivity index (χ1n) is 3.55. The maximum Gasteiger partial charge on any atom is 0.0762 e. The van der Waals surface area contributed by atoms with Crippen molar-refractivity contribution < 1.29 is 5.11 Å². The number of hydrogen-bond donors (Lipinski definition) is 1. The Morgan fingerprint density at radius 3 is 2.55 bits per heavy atom. The number of aliphatic hydroxyl groups is 1. The predicted octanol–water partition coefficient (Wildman–Crippen LogP) is 2.70. The molecule has 0 unspecified atom stereocenters. The van der Waals surface area contributed by atoms with Crippen LogP contribution in [0.3, 0.4) is 0 Å². The van der Waals surface area contributed by atoms with E-state index < -0.39 is 6.10 Å². The Morgan fingerprint density at radius 2 is 2.09 bits per heavy atom. The van der Waals surface area contributed by atoms with Crippen molar-refractivity contribution in [1.29, 1.82) is 0 Å². The van der Waals surface area contributed by atoms with Crippen molar-refractivity contribution in [1.82, 2.24) is 0 Å². The van der Waals surface area contributed by atoms with E-state index in [9.17, 15) is 5.11 Å². The molecule has 1 aromatic rings. The van der Waals surface area contributed by atoms with Crippen LogP contribution in [-0.2, 0) is 0 Å². The summed E-state index contributed by atoms with van der Waals surface area (Å²) >= 11 is 5.80. The Labute approximate surface area is 71.6 Å². The van der Waals surface area contributed by atoms with Gasteiger partial charge in [-0.3, -0.25) is 0 Å². The second-order valence-corrected chi connectivity index (χ2v) is 3.09. The molecule has 1 nitrogen and oxygen atoms in total. The van der Waals surface area contributed by atoms with Crippen LogP contribution in [0.2, 0.25) is 5.02 Å². The van der Waals surface area contributed by atoms with E-state index in [1.165, 1.54) is 0 Å². The summed E-state index contributed by atoms with van der Waals surface area (Å²) in [5, 5.41) is 9.94. The monoisotopic (exact) mass is 170 g/mol. The third kappa shape index (κ3) is 1.95. The summed E-state index contributed by atoms with van der Waals surface area (Å²) in [7, 11) is 0. The van der Waals surface area contributed by atoms with Gasteiger partial charge in [-0.2, -0.15) is 0 Å². The summed E-state index contributed by atoms with van der Waals surface area (Å²) in [6.45, 7) is 3.66. The van der Waals surface area contributed by atoms with Crippen LogP contribution in [-0.4, -0.2) is 5.11 Å². The highest BCUT2D eigenvalue weighted by molar-refractivity contribution is 6.31. The second kappa shape index (κ2) is 3.24. The fraction of sp³-hybridized carbons (Fsp3) is 0.333. The number of aryl methyl sites for hydroxylation is 1. The molecule has 11 heavy (non-hydrogen) atoms. The molecule has 0 saturated heterocycles. The quantitative estimate of drug-likeness (QED) is 0.687. The molecule has 0 aromatic heterocycles. The van der Waals surface area contributed by atoms with Gasteiger partial charge >= 0.3 is 0 Å². The summed E-state index contributed by atoms with van der Waals surface area (Å²) in [4.78, 5) is 0. The Hall–Kier alpha value is -0.530. The van der Waals surface area contributed by atoms with E-state index in [2.05, 4.69) is 0 Å². The molecule has 0 aliphatic carbocycles. The van der Waals surface area contributed by atoms with E-state index in [-0.39, 0.29) is 0 Å². The summed E-state index contributed by atoms with van der Waals surface area (Å²) in [5.41, 5.74) is 1.91. The van der Waals surface area contributed by atoms with Gasteiger partial charge in [0.1, 0.15) is 0 Å². The van der Waals surface area contributed by atoms with Crippen molar-refractivity contribution in [2.45, 2.75) is 20.0 Å². The Morgan fingerprint density at radius 1 is 1.45 bits per heavy atom. The van der Waals surface area contributed by atoms with E-state index in [4.69, 9.17) is 11.6 Å². The van der Waals surface area contributed by atoms with Crippen LogP contribution in [0.5, 0.6) is 0 Å². The van der Waals surface area contributed by atoms with Gasteiger partial charge in [-0.25, -0.2) is 0 Å². The molecule has 0 heterocycles. The maximum absolute atomic E-state index is 9.20. The standard InChI is InChI=1S/C9H11ClO/c1-6-5-8(7(2)11)3-4-9(6)10/h3-5,7,11H,1-2H3/t7-/m0/s1. The zero-order valence-corrected chi connectivity index (χ0v) is 7.39. The summed E-state index contributed by atoms with van der Waals surface area (Å²) < 4.78 is 0. The highest BCUT2D eigenvalue weighted by atomic mass is 35.5. The minimum absolute atomic E-state index is 0.411. The van der Waals surface area contributed by atoms with Crippen molar-refractivity contribution in [3.05, 3.63) is 34.3 Å². The SMILES string of the molecule is Cc1cc([C@H](C)O)ccc1Cl. The van der Waals surface area contributed by atoms with Gasteiger partial charge in [-0.1, -0.05) is 23.7 Å². The lowest BCUT2D eigenvalue weighted by atomic mass is 10.1. The van der Waals surface area contributed by atoms with Gasteiger partial charge in [0.05, 0.1) is 6.10 Å². The van der Waals surface area contributed by atoms with Crippen LogP contribution in [0.1, 0.15) is 24.2 Å².